The van der Waals surface area contributed by atoms with Crippen LogP contribution in [0.25, 0.3) is 0 Å². The van der Waals surface area contributed by atoms with Crippen molar-refractivity contribution >= 4 is 5.84 Å². The molecule has 1 atom stereocenters. The molecule has 19 heavy (non-hydrogen) atoms. The summed E-state index contributed by atoms with van der Waals surface area (Å²) in [6, 6.07) is 7.85. The molecule has 0 saturated heterocycles. The van der Waals surface area contributed by atoms with E-state index >= 15 is 0 Å². The van der Waals surface area contributed by atoms with Crippen molar-refractivity contribution in [1.29, 1.82) is 0 Å². The lowest BCUT2D eigenvalue weighted by molar-refractivity contribution is 0.238. The summed E-state index contributed by atoms with van der Waals surface area (Å²) in [6.07, 6.45) is 1.21. The van der Waals surface area contributed by atoms with Gasteiger partial charge in [0.1, 0.15) is 0 Å². The van der Waals surface area contributed by atoms with Crippen LogP contribution in [-0.2, 0) is 6.54 Å². The number of rotatable bonds is 7. The highest BCUT2D eigenvalue weighted by Crippen LogP contribution is 2.10. The van der Waals surface area contributed by atoms with Crippen molar-refractivity contribution in [2.45, 2.75) is 33.7 Å². The van der Waals surface area contributed by atoms with Crippen LogP contribution in [0.2, 0.25) is 0 Å². The SMILES string of the molecule is CCC(C)CN(CC)Cc1ccc(C(N)=NO)cc1. The van der Waals surface area contributed by atoms with Gasteiger partial charge < -0.3 is 10.9 Å². The fraction of sp³-hybridized carbons (Fsp3) is 0.533. The molecule has 0 amide bonds. The first kappa shape index (κ1) is 15.5. The first-order chi connectivity index (χ1) is 9.10. The van der Waals surface area contributed by atoms with Gasteiger partial charge in [0.15, 0.2) is 5.84 Å². The van der Waals surface area contributed by atoms with E-state index in [1.54, 1.807) is 0 Å². The third-order valence-corrected chi connectivity index (χ3v) is 3.48. The topological polar surface area (TPSA) is 61.8 Å². The molecule has 0 bridgehead atoms. The standard InChI is InChI=1S/C15H25N3O/c1-4-12(3)10-18(5-2)11-13-6-8-14(9-7-13)15(16)17-19/h6-9,12,19H,4-5,10-11H2,1-3H3,(H2,16,17). The molecular weight excluding hydrogens is 238 g/mol. The van der Waals surface area contributed by atoms with Crippen molar-refractivity contribution in [3.63, 3.8) is 0 Å². The Morgan fingerprint density at radius 1 is 1.32 bits per heavy atom. The summed E-state index contributed by atoms with van der Waals surface area (Å²) in [6.45, 7) is 9.81. The zero-order valence-electron chi connectivity index (χ0n) is 12.1. The van der Waals surface area contributed by atoms with Crippen LogP contribution >= 0.6 is 0 Å². The van der Waals surface area contributed by atoms with Gasteiger partial charge in [-0.15, -0.1) is 0 Å². The van der Waals surface area contributed by atoms with Crippen molar-refractivity contribution < 1.29 is 5.21 Å². The molecule has 0 spiro atoms. The molecule has 0 aliphatic heterocycles. The summed E-state index contributed by atoms with van der Waals surface area (Å²) in [5.41, 5.74) is 7.54. The molecule has 0 aromatic heterocycles. The molecule has 4 nitrogen and oxygen atoms in total. The summed E-state index contributed by atoms with van der Waals surface area (Å²) in [4.78, 5) is 2.44. The van der Waals surface area contributed by atoms with Crippen molar-refractivity contribution in [3.8, 4) is 0 Å². The molecule has 4 heteroatoms. The van der Waals surface area contributed by atoms with Gasteiger partial charge in [-0.25, -0.2) is 0 Å². The van der Waals surface area contributed by atoms with E-state index in [-0.39, 0.29) is 5.84 Å². The Hall–Kier alpha value is -1.55. The van der Waals surface area contributed by atoms with E-state index in [1.807, 2.05) is 24.3 Å². The molecule has 0 fully saturated rings. The highest BCUT2D eigenvalue weighted by atomic mass is 16.4. The molecule has 3 N–H and O–H groups in total. The molecule has 0 heterocycles. The molecular formula is C15H25N3O. The van der Waals surface area contributed by atoms with Crippen molar-refractivity contribution in [1.82, 2.24) is 4.90 Å². The van der Waals surface area contributed by atoms with Gasteiger partial charge in [0.25, 0.3) is 0 Å². The van der Waals surface area contributed by atoms with Gasteiger partial charge in [-0.2, -0.15) is 0 Å². The minimum Gasteiger partial charge on any atom is -0.409 e. The third kappa shape index (κ3) is 4.91. The van der Waals surface area contributed by atoms with Crippen molar-refractivity contribution in [2.75, 3.05) is 13.1 Å². The maximum Gasteiger partial charge on any atom is 0.170 e. The van der Waals surface area contributed by atoms with Crippen LogP contribution in [-0.4, -0.2) is 29.0 Å². The minimum atomic E-state index is 0.151. The van der Waals surface area contributed by atoms with Gasteiger partial charge in [-0.1, -0.05) is 56.6 Å². The maximum atomic E-state index is 8.62. The fourth-order valence-electron chi connectivity index (χ4n) is 1.97. The van der Waals surface area contributed by atoms with E-state index in [4.69, 9.17) is 10.9 Å². The molecule has 1 aromatic rings. The number of hydrogen-bond donors (Lipinski definition) is 2. The van der Waals surface area contributed by atoms with E-state index in [0.717, 1.165) is 31.1 Å². The van der Waals surface area contributed by atoms with Crippen molar-refractivity contribution in [2.24, 2.45) is 16.8 Å². The Labute approximate surface area is 115 Å². The smallest absolute Gasteiger partial charge is 0.170 e. The van der Waals surface area contributed by atoms with Crippen LogP contribution in [0.3, 0.4) is 0 Å². The molecule has 1 unspecified atom stereocenters. The average Bonchev–Trinajstić information content (AvgIpc) is 2.46. The number of benzene rings is 1. The Morgan fingerprint density at radius 3 is 2.42 bits per heavy atom. The summed E-state index contributed by atoms with van der Waals surface area (Å²) >= 11 is 0. The van der Waals surface area contributed by atoms with Gasteiger partial charge in [0.2, 0.25) is 0 Å². The monoisotopic (exact) mass is 263 g/mol. The first-order valence-electron chi connectivity index (χ1n) is 6.89. The second kappa shape index (κ2) is 7.79. The van der Waals surface area contributed by atoms with E-state index in [1.165, 1.54) is 12.0 Å². The van der Waals surface area contributed by atoms with E-state index < -0.39 is 0 Å². The van der Waals surface area contributed by atoms with Gasteiger partial charge in [-0.05, 0) is 18.0 Å². The predicted octanol–water partition coefficient (Wildman–Crippen LogP) is 2.65. The molecule has 0 aliphatic carbocycles. The Balaban J connectivity index is 2.65. The van der Waals surface area contributed by atoms with Crippen molar-refractivity contribution in [3.05, 3.63) is 35.4 Å². The summed E-state index contributed by atoms with van der Waals surface area (Å²) in [5, 5.41) is 11.6. The normalized spacial score (nSPS) is 13.8. The van der Waals surface area contributed by atoms with Crippen LogP contribution in [0, 0.1) is 5.92 Å². The number of amidine groups is 1. The number of nitrogens with two attached hydrogens (primary N) is 1. The minimum absolute atomic E-state index is 0.151. The number of nitrogens with zero attached hydrogens (tertiary/aromatic N) is 2. The molecule has 106 valence electrons. The van der Waals surface area contributed by atoms with E-state index in [9.17, 15) is 0 Å². The molecule has 1 aromatic carbocycles. The quantitative estimate of drug-likeness (QED) is 0.344. The zero-order valence-corrected chi connectivity index (χ0v) is 12.1. The second-order valence-electron chi connectivity index (χ2n) is 5.02. The van der Waals surface area contributed by atoms with Gasteiger partial charge >= 0.3 is 0 Å². The lowest BCUT2D eigenvalue weighted by atomic mass is 10.1. The van der Waals surface area contributed by atoms with Crippen LogP contribution in [0.1, 0.15) is 38.3 Å². The van der Waals surface area contributed by atoms with Gasteiger partial charge in [-0.3, -0.25) is 4.90 Å². The molecule has 0 aliphatic rings. The van der Waals surface area contributed by atoms with E-state index in [0.29, 0.717) is 0 Å². The highest BCUT2D eigenvalue weighted by Gasteiger charge is 2.08. The average molecular weight is 263 g/mol. The number of oxime groups is 1. The Bertz CT molecular complexity index is 400. The number of hydrogen-bond acceptors (Lipinski definition) is 3. The predicted molar refractivity (Wildman–Crippen MR) is 79.4 cm³/mol. The van der Waals surface area contributed by atoms with Gasteiger partial charge in [0, 0.05) is 18.7 Å². The maximum absolute atomic E-state index is 8.62. The Kier molecular flexibility index (Phi) is 6.36. The lowest BCUT2D eigenvalue weighted by Gasteiger charge is -2.23. The molecule has 0 radical (unpaired) electrons. The third-order valence-electron chi connectivity index (χ3n) is 3.48. The first-order valence-corrected chi connectivity index (χ1v) is 6.89. The molecule has 0 saturated carbocycles. The highest BCUT2D eigenvalue weighted by molar-refractivity contribution is 5.96. The van der Waals surface area contributed by atoms with Crippen LogP contribution in [0.4, 0.5) is 0 Å². The summed E-state index contributed by atoms with van der Waals surface area (Å²) in [7, 11) is 0. The van der Waals surface area contributed by atoms with Crippen LogP contribution < -0.4 is 5.73 Å². The van der Waals surface area contributed by atoms with Crippen LogP contribution in [0.5, 0.6) is 0 Å². The fourth-order valence-corrected chi connectivity index (χ4v) is 1.97. The van der Waals surface area contributed by atoms with Crippen LogP contribution in [0.15, 0.2) is 29.4 Å². The second-order valence-corrected chi connectivity index (χ2v) is 5.02. The summed E-state index contributed by atoms with van der Waals surface area (Å²) < 4.78 is 0. The molecule has 1 rings (SSSR count). The largest absolute Gasteiger partial charge is 0.409 e. The lowest BCUT2D eigenvalue weighted by Crippen LogP contribution is -2.27. The summed E-state index contributed by atoms with van der Waals surface area (Å²) in [5.74, 6) is 0.870. The zero-order chi connectivity index (χ0) is 14.3. The Morgan fingerprint density at radius 2 is 1.95 bits per heavy atom. The van der Waals surface area contributed by atoms with E-state index in [2.05, 4.69) is 30.8 Å². The van der Waals surface area contributed by atoms with Gasteiger partial charge in [0.05, 0.1) is 0 Å².